The molecule has 146 valence electrons. The number of aryl methyl sites for hydroxylation is 2. The van der Waals surface area contributed by atoms with Crippen LogP contribution >= 0.6 is 0 Å². The number of hydrogen-bond donors (Lipinski definition) is 2. The lowest BCUT2D eigenvalue weighted by Crippen LogP contribution is -2.28. The maximum absolute atomic E-state index is 12.2. The molecule has 1 heterocycles. The fourth-order valence-electron chi connectivity index (χ4n) is 3.31. The van der Waals surface area contributed by atoms with E-state index in [1.807, 2.05) is 48.5 Å². The molecule has 0 aliphatic rings. The van der Waals surface area contributed by atoms with Gasteiger partial charge in [0.15, 0.2) is 0 Å². The van der Waals surface area contributed by atoms with E-state index >= 15 is 0 Å². The van der Waals surface area contributed by atoms with Gasteiger partial charge in [-0.2, -0.15) is 0 Å². The third-order valence-corrected chi connectivity index (χ3v) is 4.93. The predicted octanol–water partition coefficient (Wildman–Crippen LogP) is 4.99. The molecule has 2 N–H and O–H groups in total. The molecule has 2 amide bonds. The molecule has 2 aromatic carbocycles. The first kappa shape index (κ1) is 19.5. The van der Waals surface area contributed by atoms with Gasteiger partial charge in [0.2, 0.25) is 0 Å². The van der Waals surface area contributed by atoms with Crippen LogP contribution in [0.5, 0.6) is 5.75 Å². The molecule has 0 unspecified atom stereocenters. The van der Waals surface area contributed by atoms with Gasteiger partial charge in [-0.05, 0) is 73.9 Å². The second-order valence-corrected chi connectivity index (χ2v) is 6.79. The van der Waals surface area contributed by atoms with Crippen molar-refractivity contribution in [3.8, 4) is 11.4 Å². The molecule has 0 saturated heterocycles. The highest BCUT2D eigenvalue weighted by molar-refractivity contribution is 5.89. The van der Waals surface area contributed by atoms with Crippen LogP contribution in [-0.4, -0.2) is 17.7 Å². The first-order valence-electron chi connectivity index (χ1n) is 9.48. The van der Waals surface area contributed by atoms with Crippen molar-refractivity contribution in [2.75, 3.05) is 12.4 Å². The molecule has 28 heavy (non-hydrogen) atoms. The summed E-state index contributed by atoms with van der Waals surface area (Å²) in [6.45, 7) is 6.71. The van der Waals surface area contributed by atoms with Crippen molar-refractivity contribution >= 4 is 11.7 Å². The molecule has 0 atom stereocenters. The van der Waals surface area contributed by atoms with E-state index in [1.54, 1.807) is 7.11 Å². The molecule has 0 aliphatic carbocycles. The fraction of sp³-hybridized carbons (Fsp3) is 0.261. The van der Waals surface area contributed by atoms with Crippen LogP contribution in [0.4, 0.5) is 10.5 Å². The van der Waals surface area contributed by atoms with Gasteiger partial charge in [0.05, 0.1) is 7.11 Å². The number of urea groups is 1. The third kappa shape index (κ3) is 4.36. The van der Waals surface area contributed by atoms with E-state index in [0.29, 0.717) is 6.54 Å². The van der Waals surface area contributed by atoms with Crippen LogP contribution in [0.1, 0.15) is 29.4 Å². The Kier molecular flexibility index (Phi) is 6.04. The first-order chi connectivity index (χ1) is 13.5. The molecular weight excluding hydrogens is 350 g/mol. The quantitative estimate of drug-likeness (QED) is 0.636. The third-order valence-electron chi connectivity index (χ3n) is 4.93. The number of carbonyl (C=O) groups is 1. The highest BCUT2D eigenvalue weighted by Gasteiger charge is 2.12. The zero-order valence-electron chi connectivity index (χ0n) is 16.9. The molecular formula is C23H27N3O2. The van der Waals surface area contributed by atoms with Gasteiger partial charge >= 0.3 is 6.03 Å². The minimum atomic E-state index is -0.210. The zero-order chi connectivity index (χ0) is 20.1. The van der Waals surface area contributed by atoms with E-state index in [0.717, 1.165) is 40.5 Å². The highest BCUT2D eigenvalue weighted by atomic mass is 16.5. The number of amides is 2. The maximum Gasteiger partial charge on any atom is 0.319 e. The van der Waals surface area contributed by atoms with Crippen molar-refractivity contribution in [2.45, 2.75) is 33.7 Å². The molecule has 0 bridgehead atoms. The average Bonchev–Trinajstić information content (AvgIpc) is 3.00. The van der Waals surface area contributed by atoms with Crippen LogP contribution in [0.2, 0.25) is 0 Å². The molecule has 5 nitrogen and oxygen atoms in total. The van der Waals surface area contributed by atoms with Gasteiger partial charge in [0, 0.05) is 29.3 Å². The summed E-state index contributed by atoms with van der Waals surface area (Å²) in [5.41, 5.74) is 6.42. The number of carbonyl (C=O) groups excluding carboxylic acids is 1. The number of hydrogen-bond acceptors (Lipinski definition) is 2. The number of benzene rings is 2. The van der Waals surface area contributed by atoms with Gasteiger partial charge < -0.3 is 19.9 Å². The van der Waals surface area contributed by atoms with Gasteiger partial charge in [0.25, 0.3) is 0 Å². The van der Waals surface area contributed by atoms with Gasteiger partial charge in [-0.25, -0.2) is 4.79 Å². The Bertz CT molecular complexity index is 941. The van der Waals surface area contributed by atoms with Crippen LogP contribution in [0.25, 0.3) is 5.69 Å². The van der Waals surface area contributed by atoms with E-state index in [4.69, 9.17) is 4.74 Å². The summed E-state index contributed by atoms with van der Waals surface area (Å²) in [5, 5.41) is 5.82. The van der Waals surface area contributed by atoms with Gasteiger partial charge in [-0.15, -0.1) is 0 Å². The summed E-state index contributed by atoms with van der Waals surface area (Å²) in [6, 6.07) is 17.8. The summed E-state index contributed by atoms with van der Waals surface area (Å²) in [5.74, 6) is 0.830. The summed E-state index contributed by atoms with van der Waals surface area (Å²) in [7, 11) is 1.66. The summed E-state index contributed by atoms with van der Waals surface area (Å²) < 4.78 is 7.41. The van der Waals surface area contributed by atoms with E-state index in [-0.39, 0.29) is 6.03 Å². The lowest BCUT2D eigenvalue weighted by atomic mass is 10.1. The van der Waals surface area contributed by atoms with Crippen LogP contribution in [-0.2, 0) is 13.0 Å². The molecule has 3 aromatic rings. The first-order valence-corrected chi connectivity index (χ1v) is 9.48. The number of rotatable bonds is 6. The Labute approximate surface area is 166 Å². The monoisotopic (exact) mass is 377 g/mol. The Morgan fingerprint density at radius 2 is 1.71 bits per heavy atom. The zero-order valence-corrected chi connectivity index (χ0v) is 16.9. The molecule has 3 rings (SSSR count). The smallest absolute Gasteiger partial charge is 0.319 e. The molecule has 0 spiro atoms. The number of anilines is 1. The summed E-state index contributed by atoms with van der Waals surface area (Å²) >= 11 is 0. The molecule has 0 radical (unpaired) electrons. The van der Waals surface area contributed by atoms with Crippen LogP contribution < -0.4 is 15.4 Å². The Hall–Kier alpha value is -3.21. The van der Waals surface area contributed by atoms with E-state index < -0.39 is 0 Å². The summed E-state index contributed by atoms with van der Waals surface area (Å²) in [6.07, 6.45) is 0.982. The van der Waals surface area contributed by atoms with E-state index in [2.05, 4.69) is 42.0 Å². The minimum absolute atomic E-state index is 0.210. The number of aromatic nitrogens is 1. The highest BCUT2D eigenvalue weighted by Crippen LogP contribution is 2.22. The van der Waals surface area contributed by atoms with Crippen molar-refractivity contribution in [3.63, 3.8) is 0 Å². The molecule has 0 fully saturated rings. The molecule has 0 saturated carbocycles. The Morgan fingerprint density at radius 1 is 1.04 bits per heavy atom. The predicted molar refractivity (Wildman–Crippen MR) is 113 cm³/mol. The Balaban J connectivity index is 1.66. The average molecular weight is 377 g/mol. The van der Waals surface area contributed by atoms with Crippen molar-refractivity contribution in [1.29, 1.82) is 0 Å². The van der Waals surface area contributed by atoms with Crippen molar-refractivity contribution in [2.24, 2.45) is 0 Å². The standard InChI is InChI=1S/C23H27N3O2/c1-5-18-6-8-20(9-7-18)25-23(27)24-15-19-14-16(2)26(17(19)3)21-10-12-22(28-4)13-11-21/h6-14H,5,15H2,1-4H3,(H2,24,25,27). The van der Waals surface area contributed by atoms with E-state index in [9.17, 15) is 4.79 Å². The van der Waals surface area contributed by atoms with Crippen LogP contribution in [0, 0.1) is 13.8 Å². The fourth-order valence-corrected chi connectivity index (χ4v) is 3.31. The van der Waals surface area contributed by atoms with Crippen molar-refractivity contribution in [1.82, 2.24) is 9.88 Å². The summed E-state index contributed by atoms with van der Waals surface area (Å²) in [4.78, 5) is 12.2. The lowest BCUT2D eigenvalue weighted by molar-refractivity contribution is 0.251. The largest absolute Gasteiger partial charge is 0.497 e. The number of methoxy groups -OCH3 is 1. The van der Waals surface area contributed by atoms with Gasteiger partial charge in [-0.1, -0.05) is 19.1 Å². The Morgan fingerprint density at radius 3 is 2.32 bits per heavy atom. The molecule has 5 heteroatoms. The SMILES string of the molecule is CCc1ccc(NC(=O)NCc2cc(C)n(-c3ccc(OC)cc3)c2C)cc1. The number of nitrogens with one attached hydrogen (secondary N) is 2. The minimum Gasteiger partial charge on any atom is -0.497 e. The second kappa shape index (κ2) is 8.65. The van der Waals surface area contributed by atoms with Crippen molar-refractivity contribution in [3.05, 3.63) is 77.1 Å². The topological polar surface area (TPSA) is 55.3 Å². The van der Waals surface area contributed by atoms with Gasteiger partial charge in [0.1, 0.15) is 5.75 Å². The van der Waals surface area contributed by atoms with Crippen molar-refractivity contribution < 1.29 is 9.53 Å². The molecule has 0 aliphatic heterocycles. The van der Waals surface area contributed by atoms with Crippen LogP contribution in [0.3, 0.4) is 0 Å². The lowest BCUT2D eigenvalue weighted by Gasteiger charge is -2.11. The molecule has 1 aromatic heterocycles. The number of nitrogens with zero attached hydrogens (tertiary/aromatic N) is 1. The van der Waals surface area contributed by atoms with E-state index in [1.165, 1.54) is 5.56 Å². The normalized spacial score (nSPS) is 10.6. The second-order valence-electron chi connectivity index (χ2n) is 6.79. The van der Waals surface area contributed by atoms with Gasteiger partial charge in [-0.3, -0.25) is 0 Å². The maximum atomic E-state index is 12.2. The number of ether oxygens (including phenoxy) is 1. The van der Waals surface area contributed by atoms with Crippen LogP contribution in [0.15, 0.2) is 54.6 Å².